The van der Waals surface area contributed by atoms with Crippen molar-refractivity contribution in [1.29, 1.82) is 0 Å². The first-order chi connectivity index (χ1) is 13.0. The largest absolute Gasteiger partial charge is 0.393 e. The molecule has 0 spiro atoms. The summed E-state index contributed by atoms with van der Waals surface area (Å²) in [6.45, 7) is 0. The molecule has 0 atom stereocenters. The zero-order valence-electron chi connectivity index (χ0n) is 16.4. The molecule has 4 bridgehead atoms. The summed E-state index contributed by atoms with van der Waals surface area (Å²) in [6.07, 6.45) is 9.44. The Labute approximate surface area is 178 Å². The van der Waals surface area contributed by atoms with Gasteiger partial charge >= 0.3 is 11.8 Å². The van der Waals surface area contributed by atoms with E-state index in [1.807, 2.05) is 0 Å². The Morgan fingerprint density at radius 2 is 1.14 bits per heavy atom. The van der Waals surface area contributed by atoms with Crippen LogP contribution in [0, 0.1) is 22.2 Å². The van der Waals surface area contributed by atoms with Crippen molar-refractivity contribution in [2.75, 3.05) is 0 Å². The molecule has 7 aliphatic rings. The van der Waals surface area contributed by atoms with Crippen molar-refractivity contribution in [2.24, 2.45) is 22.2 Å². The first-order valence-electron chi connectivity index (χ1n) is 11.2. The van der Waals surface area contributed by atoms with Gasteiger partial charge in [0, 0.05) is 5.41 Å². The van der Waals surface area contributed by atoms with Crippen LogP contribution in [-0.4, -0.2) is 26.5 Å². The van der Waals surface area contributed by atoms with E-state index in [4.69, 9.17) is 0 Å². The molecule has 1 nitrogen and oxygen atoms in total. The van der Waals surface area contributed by atoms with E-state index in [0.717, 1.165) is 44.9 Å². The molecule has 0 saturated heterocycles. The molecule has 0 amide bonds. The van der Waals surface area contributed by atoms with Gasteiger partial charge in [-0.3, -0.25) is 0 Å². The molecule has 0 unspecified atom stereocenters. The Morgan fingerprint density at radius 1 is 0.643 bits per heavy atom. The minimum Gasteiger partial charge on any atom is -0.393 e. The fourth-order valence-electron chi connectivity index (χ4n) is 8.38. The second-order valence-electron chi connectivity index (χ2n) is 10.8. The molecule has 7 rings (SSSR count). The molecule has 160 valence electrons. The molecule has 1 N–H and O–H groups in total. The second kappa shape index (κ2) is 6.01. The molecule has 0 radical (unpaired) electrons. The van der Waals surface area contributed by atoms with Gasteiger partial charge < -0.3 is 5.11 Å². The highest BCUT2D eigenvalue weighted by Crippen LogP contribution is 2.79. The lowest BCUT2D eigenvalue weighted by Crippen LogP contribution is -2.75. The Morgan fingerprint density at radius 3 is 1.64 bits per heavy atom. The number of rotatable bonds is 2. The van der Waals surface area contributed by atoms with Crippen molar-refractivity contribution in [2.45, 2.75) is 111 Å². The SMILES string of the molecule is OC1CCC(C23CCC(C45CCC(I)(CC4)C(F)(F)C5(F)F)(CC2)CC3)CC1. The normalized spacial score (nSPS) is 54.6. The number of aliphatic hydroxyl groups excluding tert-OH is 1. The maximum absolute atomic E-state index is 15.5. The lowest BCUT2D eigenvalue weighted by Gasteiger charge is -2.70. The van der Waals surface area contributed by atoms with Crippen LogP contribution in [0.25, 0.3) is 0 Å². The van der Waals surface area contributed by atoms with E-state index in [9.17, 15) is 5.11 Å². The van der Waals surface area contributed by atoms with Crippen molar-refractivity contribution in [3.8, 4) is 0 Å². The number of aliphatic hydroxyl groups is 1. The van der Waals surface area contributed by atoms with Gasteiger partial charge in [-0.2, -0.15) is 17.6 Å². The summed E-state index contributed by atoms with van der Waals surface area (Å²) < 4.78 is 59.5. The second-order valence-corrected chi connectivity index (χ2v) is 12.9. The van der Waals surface area contributed by atoms with Gasteiger partial charge in [-0.25, -0.2) is 0 Å². The first-order valence-corrected chi connectivity index (χ1v) is 12.2. The predicted molar refractivity (Wildman–Crippen MR) is 108 cm³/mol. The fourth-order valence-corrected chi connectivity index (χ4v) is 9.26. The zero-order chi connectivity index (χ0) is 20.1. The third-order valence-corrected chi connectivity index (χ3v) is 12.1. The first kappa shape index (κ1) is 20.3. The Kier molecular flexibility index (Phi) is 4.36. The topological polar surface area (TPSA) is 20.2 Å². The average molecular weight is 514 g/mol. The summed E-state index contributed by atoms with van der Waals surface area (Å²) in [5.74, 6) is -7.23. The summed E-state index contributed by atoms with van der Waals surface area (Å²) in [7, 11) is 0. The standard InChI is InChI=1S/C22H31F4IO/c23-21(24)19(11-13-20(27,14-12-19)22(21,25)26)18-8-5-17(6-9-18,7-10-18)15-1-3-16(28)4-2-15/h15-16,28H,1-14H2. The van der Waals surface area contributed by atoms with Gasteiger partial charge in [0.15, 0.2) is 0 Å². The number of halogens is 5. The highest BCUT2D eigenvalue weighted by Gasteiger charge is 2.84. The van der Waals surface area contributed by atoms with Crippen LogP contribution in [0.1, 0.15) is 89.9 Å². The molecule has 7 saturated carbocycles. The van der Waals surface area contributed by atoms with Crippen molar-refractivity contribution in [3.63, 3.8) is 0 Å². The highest BCUT2D eigenvalue weighted by molar-refractivity contribution is 14.1. The van der Waals surface area contributed by atoms with E-state index in [2.05, 4.69) is 0 Å². The Balaban J connectivity index is 1.43. The number of hydrogen-bond donors (Lipinski definition) is 1. The molecule has 0 aliphatic heterocycles. The molecule has 7 aliphatic carbocycles. The molecule has 6 heteroatoms. The van der Waals surface area contributed by atoms with E-state index >= 15 is 17.6 Å². The average Bonchev–Trinajstić information content (AvgIpc) is 2.69. The Hall–Kier alpha value is 0.410. The van der Waals surface area contributed by atoms with E-state index in [0.29, 0.717) is 25.2 Å². The van der Waals surface area contributed by atoms with Gasteiger partial charge in [0.1, 0.15) is 0 Å². The fraction of sp³-hybridized carbons (Fsp3) is 1.00. The third-order valence-electron chi connectivity index (χ3n) is 10.3. The smallest absolute Gasteiger partial charge is 0.324 e. The number of hydrogen-bond acceptors (Lipinski definition) is 1. The van der Waals surface area contributed by atoms with Gasteiger partial charge in [-0.1, -0.05) is 22.6 Å². The van der Waals surface area contributed by atoms with Crippen molar-refractivity contribution >= 4 is 22.6 Å². The number of fused-ring (bicyclic) bond motifs is 6. The van der Waals surface area contributed by atoms with Crippen LogP contribution >= 0.6 is 22.6 Å². The van der Waals surface area contributed by atoms with Crippen LogP contribution < -0.4 is 0 Å². The maximum atomic E-state index is 15.5. The summed E-state index contributed by atoms with van der Waals surface area (Å²) in [6, 6.07) is 0. The minimum atomic E-state index is -3.91. The van der Waals surface area contributed by atoms with Crippen LogP contribution in [0.5, 0.6) is 0 Å². The third kappa shape index (κ3) is 2.23. The van der Waals surface area contributed by atoms with Gasteiger partial charge in [0.25, 0.3) is 0 Å². The van der Waals surface area contributed by atoms with Gasteiger partial charge in [-0.15, -0.1) is 0 Å². The van der Waals surface area contributed by atoms with Crippen molar-refractivity contribution < 1.29 is 22.7 Å². The highest BCUT2D eigenvalue weighted by atomic mass is 127. The zero-order valence-corrected chi connectivity index (χ0v) is 18.5. The van der Waals surface area contributed by atoms with Crippen LogP contribution in [0.15, 0.2) is 0 Å². The van der Waals surface area contributed by atoms with Crippen LogP contribution in [0.3, 0.4) is 0 Å². The van der Waals surface area contributed by atoms with Gasteiger partial charge in [0.2, 0.25) is 0 Å². The van der Waals surface area contributed by atoms with Gasteiger partial charge in [-0.05, 0) is 107 Å². The lowest BCUT2D eigenvalue weighted by molar-refractivity contribution is -0.361. The molecule has 0 aromatic rings. The van der Waals surface area contributed by atoms with Crippen LogP contribution in [0.4, 0.5) is 17.6 Å². The van der Waals surface area contributed by atoms with Crippen LogP contribution in [-0.2, 0) is 0 Å². The molecule has 7 fully saturated rings. The van der Waals surface area contributed by atoms with Crippen LogP contribution in [0.2, 0.25) is 0 Å². The molecular weight excluding hydrogens is 483 g/mol. The minimum absolute atomic E-state index is 0.184. The molecular formula is C22H31F4IO. The summed E-state index contributed by atoms with van der Waals surface area (Å²) in [4.78, 5) is 0. The molecule has 0 heterocycles. The summed E-state index contributed by atoms with van der Waals surface area (Å²) in [5.41, 5.74) is -1.90. The maximum Gasteiger partial charge on any atom is 0.324 e. The van der Waals surface area contributed by atoms with Crippen molar-refractivity contribution in [3.05, 3.63) is 0 Å². The summed E-state index contributed by atoms with van der Waals surface area (Å²) in [5, 5.41) is 9.85. The quantitative estimate of drug-likeness (QED) is 0.242. The Bertz CT molecular complexity index is 622. The van der Waals surface area contributed by atoms with E-state index < -0.39 is 26.1 Å². The monoisotopic (exact) mass is 514 g/mol. The van der Waals surface area contributed by atoms with Gasteiger partial charge in [0.05, 0.1) is 9.53 Å². The molecule has 28 heavy (non-hydrogen) atoms. The lowest BCUT2D eigenvalue weighted by atomic mass is 9.37. The number of alkyl halides is 5. The van der Waals surface area contributed by atoms with E-state index in [-0.39, 0.29) is 37.2 Å². The van der Waals surface area contributed by atoms with E-state index in [1.165, 1.54) is 0 Å². The van der Waals surface area contributed by atoms with Crippen molar-refractivity contribution in [1.82, 2.24) is 0 Å². The van der Waals surface area contributed by atoms with E-state index in [1.54, 1.807) is 22.6 Å². The predicted octanol–water partition coefficient (Wildman–Crippen LogP) is 6.90. The summed E-state index contributed by atoms with van der Waals surface area (Å²) >= 11 is 1.65. The molecule has 0 aromatic carbocycles. The molecule has 0 aromatic heterocycles.